The molecule has 0 fully saturated rings. The van der Waals surface area contributed by atoms with Crippen molar-refractivity contribution in [2.75, 3.05) is 17.8 Å². The van der Waals surface area contributed by atoms with Gasteiger partial charge in [0.15, 0.2) is 0 Å². The van der Waals surface area contributed by atoms with Gasteiger partial charge in [-0.2, -0.15) is 0 Å². The predicted octanol–water partition coefficient (Wildman–Crippen LogP) is -1.21. The van der Waals surface area contributed by atoms with Crippen LogP contribution in [0.4, 0.5) is 0 Å². The summed E-state index contributed by atoms with van der Waals surface area (Å²) in [5.41, 5.74) is 0. The van der Waals surface area contributed by atoms with Crippen LogP contribution in [0.1, 0.15) is 13.8 Å². The van der Waals surface area contributed by atoms with Crippen LogP contribution < -0.4 is 0 Å². The molecule has 0 aliphatic carbocycles. The molecule has 0 bridgehead atoms. The van der Waals surface area contributed by atoms with E-state index in [1.54, 1.807) is 0 Å². The van der Waals surface area contributed by atoms with Crippen LogP contribution in [-0.2, 0) is 29.5 Å². The Morgan fingerprint density at radius 3 is 1.33 bits per heavy atom. The lowest BCUT2D eigenvalue weighted by Gasteiger charge is -2.21. The van der Waals surface area contributed by atoms with Gasteiger partial charge in [0.2, 0.25) is 9.84 Å². The van der Waals surface area contributed by atoms with Gasteiger partial charge >= 0.3 is 3.54 Å². The number of rotatable bonds is 6. The molecule has 0 aromatic heterocycles. The van der Waals surface area contributed by atoms with Crippen molar-refractivity contribution < 1.29 is 30.2 Å². The van der Waals surface area contributed by atoms with Crippen LogP contribution in [0.15, 0.2) is 0 Å². The van der Waals surface area contributed by atoms with Crippen LogP contribution in [-0.4, -0.2) is 51.5 Å². The molecular weight excluding hydrogens is 310 g/mol. The normalized spacial score (nSPS) is 14.4. The molecule has 0 atom stereocenters. The molecule has 0 saturated carbocycles. The molecule has 0 heterocycles. The average molecular weight is 323 g/mol. The van der Waals surface area contributed by atoms with Crippen molar-refractivity contribution in [3.8, 4) is 0 Å². The second-order valence-corrected chi connectivity index (χ2v) is 11.1. The molecule has 0 aliphatic heterocycles. The average Bonchev–Trinajstić information content (AvgIpc) is 2.14. The largest absolute Gasteiger partial charge is 0.512 e. The zero-order valence-electron chi connectivity index (χ0n) is 9.85. The zero-order chi connectivity index (χ0) is 15.0. The number of hydrogen-bond acceptors (Lipinski definition) is 8. The first-order valence-electron chi connectivity index (χ1n) is 4.60. The zero-order valence-corrected chi connectivity index (χ0v) is 12.3. The van der Waals surface area contributed by atoms with Gasteiger partial charge in [-0.25, -0.2) is 25.3 Å². The predicted molar refractivity (Wildman–Crippen MR) is 63.5 cm³/mol. The number of nitrogens with zero attached hydrogens (tertiary/aromatic N) is 1. The van der Waals surface area contributed by atoms with Crippen molar-refractivity contribution in [1.82, 2.24) is 0 Å². The Bertz CT molecular complexity index is 607. The second kappa shape index (κ2) is 4.74. The third-order valence-corrected chi connectivity index (χ3v) is 11.6. The summed E-state index contributed by atoms with van der Waals surface area (Å²) < 4.78 is 65.8. The molecular formula is C6H13NO8S3. The summed E-state index contributed by atoms with van der Waals surface area (Å²) in [7, 11) is -15.1. The molecule has 0 amide bonds. The smallest absolute Gasteiger partial charge is 0.261 e. The lowest BCUT2D eigenvalue weighted by atomic mass is 11.0. The van der Waals surface area contributed by atoms with E-state index in [4.69, 9.17) is 0 Å². The molecule has 9 nitrogen and oxygen atoms in total. The molecule has 0 aromatic carbocycles. The van der Waals surface area contributed by atoms with Gasteiger partial charge in [0.25, 0.3) is 19.7 Å². The van der Waals surface area contributed by atoms with E-state index in [1.807, 2.05) is 0 Å². The van der Waals surface area contributed by atoms with Gasteiger partial charge in [0, 0.05) is 6.26 Å². The summed E-state index contributed by atoms with van der Waals surface area (Å²) in [6, 6.07) is 0. The second-order valence-electron chi connectivity index (χ2n) is 3.36. The van der Waals surface area contributed by atoms with E-state index in [0.29, 0.717) is 0 Å². The molecule has 108 valence electrons. The van der Waals surface area contributed by atoms with Crippen LogP contribution in [0.3, 0.4) is 0 Å². The van der Waals surface area contributed by atoms with Crippen molar-refractivity contribution in [2.45, 2.75) is 17.4 Å². The third kappa shape index (κ3) is 2.12. The fraction of sp³-hybridized carbons (Fsp3) is 1.00. The first kappa shape index (κ1) is 17.2. The number of nitro groups is 1. The molecule has 0 aliphatic rings. The first-order valence-corrected chi connectivity index (χ1v) is 9.80. The van der Waals surface area contributed by atoms with Gasteiger partial charge in [-0.15, -0.1) is 0 Å². The maximum absolute atomic E-state index is 11.7. The monoisotopic (exact) mass is 323 g/mol. The Balaban J connectivity index is 7.05. The summed E-state index contributed by atoms with van der Waals surface area (Å²) in [6.07, 6.45) is 0.218. The van der Waals surface area contributed by atoms with E-state index < -0.39 is 49.5 Å². The van der Waals surface area contributed by atoms with Gasteiger partial charge < -0.3 is 0 Å². The first-order chi connectivity index (χ1) is 7.81. The van der Waals surface area contributed by atoms with Crippen LogP contribution in [0.2, 0.25) is 0 Å². The van der Waals surface area contributed by atoms with Gasteiger partial charge in [0.05, 0.1) is 16.4 Å². The highest BCUT2D eigenvalue weighted by Gasteiger charge is 2.73. The summed E-state index contributed by atoms with van der Waals surface area (Å²) in [5.74, 6) is -1.97. The van der Waals surface area contributed by atoms with Crippen LogP contribution in [0, 0.1) is 10.1 Å². The van der Waals surface area contributed by atoms with Crippen LogP contribution in [0.5, 0.6) is 0 Å². The SMILES string of the molecule is CCS(=O)(=O)C([N+](=O)[O-])(S(C)(=O)=O)S(=O)(=O)CC. The topological polar surface area (TPSA) is 146 Å². The molecule has 18 heavy (non-hydrogen) atoms. The summed E-state index contributed by atoms with van der Waals surface area (Å²) >= 11 is 0. The van der Waals surface area contributed by atoms with E-state index >= 15 is 0 Å². The van der Waals surface area contributed by atoms with Crippen molar-refractivity contribution in [3.05, 3.63) is 10.1 Å². The summed E-state index contributed by atoms with van der Waals surface area (Å²) in [6.45, 7) is 1.87. The van der Waals surface area contributed by atoms with Crippen molar-refractivity contribution in [1.29, 1.82) is 0 Å². The number of sulfone groups is 3. The van der Waals surface area contributed by atoms with E-state index in [0.717, 1.165) is 13.8 Å². The Kier molecular flexibility index (Phi) is 4.54. The molecule has 12 heteroatoms. The molecule has 0 N–H and O–H groups in total. The van der Waals surface area contributed by atoms with E-state index in [2.05, 4.69) is 0 Å². The molecule has 0 aromatic rings. The lowest BCUT2D eigenvalue weighted by molar-refractivity contribution is -0.489. The Hall–Kier alpha value is -0.750. The van der Waals surface area contributed by atoms with Crippen molar-refractivity contribution in [3.63, 3.8) is 0 Å². The Morgan fingerprint density at radius 1 is 0.944 bits per heavy atom. The fourth-order valence-electron chi connectivity index (χ4n) is 1.38. The van der Waals surface area contributed by atoms with Crippen LogP contribution >= 0.6 is 0 Å². The fourth-order valence-corrected chi connectivity index (χ4v) is 9.49. The maximum Gasteiger partial charge on any atom is 0.512 e. The van der Waals surface area contributed by atoms with Gasteiger partial charge in [0.1, 0.15) is 0 Å². The summed E-state index contributed by atoms with van der Waals surface area (Å²) in [5, 5.41) is 10.9. The van der Waals surface area contributed by atoms with Gasteiger partial charge in [-0.3, -0.25) is 10.1 Å². The van der Waals surface area contributed by atoms with E-state index in [-0.39, 0.29) is 6.26 Å². The van der Waals surface area contributed by atoms with Crippen LogP contribution in [0.25, 0.3) is 0 Å². The molecule has 0 unspecified atom stereocenters. The molecule has 0 rings (SSSR count). The Morgan fingerprint density at radius 2 is 1.22 bits per heavy atom. The number of hydrogen-bond donors (Lipinski definition) is 0. The van der Waals surface area contributed by atoms with Crippen molar-refractivity contribution in [2.24, 2.45) is 0 Å². The minimum Gasteiger partial charge on any atom is -0.261 e. The minimum absolute atomic E-state index is 0.218. The highest BCUT2D eigenvalue weighted by atomic mass is 32.3. The standard InChI is InChI=1S/C6H13NO8S3/c1-4-17(12,13)6(7(8)9,16(3,10)11)18(14,15)5-2/h4-5H2,1-3H3. The Labute approximate surface area is 105 Å². The van der Waals surface area contributed by atoms with Gasteiger partial charge in [-0.1, -0.05) is 13.8 Å². The molecule has 0 radical (unpaired) electrons. The lowest BCUT2D eigenvalue weighted by Crippen LogP contribution is -2.59. The summed E-state index contributed by atoms with van der Waals surface area (Å²) in [4.78, 5) is 9.18. The third-order valence-electron chi connectivity index (χ3n) is 2.24. The van der Waals surface area contributed by atoms with Gasteiger partial charge in [-0.05, 0) is 0 Å². The molecule has 0 saturated heterocycles. The molecule has 0 spiro atoms. The quantitative estimate of drug-likeness (QED) is 0.437. The van der Waals surface area contributed by atoms with Crippen molar-refractivity contribution >= 4 is 29.5 Å². The highest BCUT2D eigenvalue weighted by Crippen LogP contribution is 2.32. The highest BCUT2D eigenvalue weighted by molar-refractivity contribution is 8.25. The minimum atomic E-state index is -5.04. The van der Waals surface area contributed by atoms with E-state index in [9.17, 15) is 35.4 Å². The van der Waals surface area contributed by atoms with E-state index in [1.165, 1.54) is 0 Å². The maximum atomic E-state index is 11.7.